The van der Waals surface area contributed by atoms with Crippen LogP contribution in [0, 0.1) is 0 Å². The van der Waals surface area contributed by atoms with Gasteiger partial charge >= 0.3 is 0 Å². The molecule has 0 heterocycles. The molecule has 0 aliphatic heterocycles. The van der Waals surface area contributed by atoms with E-state index in [-0.39, 0.29) is 0 Å². The first kappa shape index (κ1) is 14.8. The van der Waals surface area contributed by atoms with Crippen molar-refractivity contribution in [3.63, 3.8) is 0 Å². The summed E-state index contributed by atoms with van der Waals surface area (Å²) in [5.74, 6) is 0.906. The molecule has 0 spiro atoms. The predicted octanol–water partition coefficient (Wildman–Crippen LogP) is 3.15. The van der Waals surface area contributed by atoms with Crippen LogP contribution in [0.15, 0.2) is 29.3 Å². The number of rotatable bonds is 5. The van der Waals surface area contributed by atoms with Gasteiger partial charge < -0.3 is 10.2 Å². The Kier molecular flexibility index (Phi) is 6.58. The van der Waals surface area contributed by atoms with Gasteiger partial charge in [-0.15, -0.1) is 0 Å². The third kappa shape index (κ3) is 4.57. The van der Waals surface area contributed by atoms with Gasteiger partial charge in [-0.1, -0.05) is 43.1 Å². The van der Waals surface area contributed by atoms with E-state index in [0.29, 0.717) is 0 Å². The molecule has 4 heteroatoms. The van der Waals surface area contributed by atoms with Crippen molar-refractivity contribution >= 4 is 17.6 Å². The third-order valence-corrected chi connectivity index (χ3v) is 3.12. The van der Waals surface area contributed by atoms with E-state index in [4.69, 9.17) is 11.6 Å². The summed E-state index contributed by atoms with van der Waals surface area (Å²) in [4.78, 5) is 6.35. The van der Waals surface area contributed by atoms with Gasteiger partial charge in [-0.05, 0) is 18.1 Å². The molecule has 1 N–H and O–H groups in total. The zero-order chi connectivity index (χ0) is 13.4. The quantitative estimate of drug-likeness (QED) is 0.504. The summed E-state index contributed by atoms with van der Waals surface area (Å²) < 4.78 is 0. The summed E-state index contributed by atoms with van der Waals surface area (Å²) >= 11 is 6.16. The smallest absolute Gasteiger partial charge is 0.193 e. The second-order valence-electron chi connectivity index (χ2n) is 4.28. The van der Waals surface area contributed by atoms with Gasteiger partial charge in [-0.25, -0.2) is 0 Å². The molecule has 3 nitrogen and oxygen atoms in total. The van der Waals surface area contributed by atoms with Crippen LogP contribution in [-0.4, -0.2) is 31.5 Å². The van der Waals surface area contributed by atoms with Gasteiger partial charge in [0.25, 0.3) is 0 Å². The van der Waals surface area contributed by atoms with Crippen molar-refractivity contribution in [2.75, 3.05) is 20.6 Å². The predicted molar refractivity (Wildman–Crippen MR) is 79.2 cm³/mol. The van der Waals surface area contributed by atoms with Crippen molar-refractivity contribution < 1.29 is 0 Å². The molecule has 100 valence electrons. The van der Waals surface area contributed by atoms with Gasteiger partial charge in [0, 0.05) is 32.2 Å². The second kappa shape index (κ2) is 7.98. The molecule has 1 rings (SSSR count). The number of benzene rings is 1. The van der Waals surface area contributed by atoms with Crippen molar-refractivity contribution in [1.29, 1.82) is 0 Å². The van der Waals surface area contributed by atoms with Crippen LogP contribution in [0.25, 0.3) is 0 Å². The van der Waals surface area contributed by atoms with Crippen LogP contribution in [0.5, 0.6) is 0 Å². The molecule has 18 heavy (non-hydrogen) atoms. The van der Waals surface area contributed by atoms with Gasteiger partial charge in [-0.3, -0.25) is 4.99 Å². The first-order valence-corrected chi connectivity index (χ1v) is 6.72. The Bertz CT molecular complexity index is 390. The van der Waals surface area contributed by atoms with Crippen molar-refractivity contribution in [2.45, 2.75) is 26.3 Å². The highest BCUT2D eigenvalue weighted by Gasteiger charge is 2.07. The van der Waals surface area contributed by atoms with Crippen molar-refractivity contribution in [3.05, 3.63) is 34.9 Å². The molecule has 0 amide bonds. The number of halogens is 1. The lowest BCUT2D eigenvalue weighted by Gasteiger charge is -2.22. The van der Waals surface area contributed by atoms with E-state index in [1.807, 2.05) is 31.3 Å². The fourth-order valence-corrected chi connectivity index (χ4v) is 1.91. The molecule has 0 radical (unpaired) electrons. The molecule has 0 bridgehead atoms. The maximum atomic E-state index is 6.16. The summed E-state index contributed by atoms with van der Waals surface area (Å²) in [5.41, 5.74) is 1.11. The highest BCUT2D eigenvalue weighted by atomic mass is 35.5. The molecular weight excluding hydrogens is 246 g/mol. The van der Waals surface area contributed by atoms with Gasteiger partial charge in [-0.2, -0.15) is 0 Å². The van der Waals surface area contributed by atoms with E-state index >= 15 is 0 Å². The topological polar surface area (TPSA) is 27.6 Å². The molecule has 0 unspecified atom stereocenters. The fraction of sp³-hybridized carbons (Fsp3) is 0.500. The van der Waals surface area contributed by atoms with E-state index in [1.54, 1.807) is 7.05 Å². The Hall–Kier alpha value is -1.22. The van der Waals surface area contributed by atoms with Gasteiger partial charge in [0.15, 0.2) is 5.96 Å². The maximum Gasteiger partial charge on any atom is 0.193 e. The van der Waals surface area contributed by atoms with E-state index in [1.165, 1.54) is 6.42 Å². The Morgan fingerprint density at radius 2 is 2.11 bits per heavy atom. The number of nitrogens with zero attached hydrogens (tertiary/aromatic N) is 2. The number of unbranched alkanes of at least 4 members (excludes halogenated alkanes) is 1. The first-order valence-electron chi connectivity index (χ1n) is 6.34. The molecule has 0 atom stereocenters. The maximum absolute atomic E-state index is 6.16. The number of hydrogen-bond acceptors (Lipinski definition) is 1. The zero-order valence-electron chi connectivity index (χ0n) is 11.4. The third-order valence-electron chi connectivity index (χ3n) is 2.75. The standard InChI is InChI=1S/C14H22ClN3/c1-4-5-10-17-14(16-2)18(3)11-12-8-6-7-9-13(12)15/h6-9H,4-5,10-11H2,1-3H3,(H,16,17). The second-order valence-corrected chi connectivity index (χ2v) is 4.68. The van der Waals surface area contributed by atoms with Gasteiger partial charge in [0.2, 0.25) is 0 Å². The van der Waals surface area contributed by atoms with E-state index in [9.17, 15) is 0 Å². The number of guanidine groups is 1. The monoisotopic (exact) mass is 267 g/mol. The number of hydrogen-bond donors (Lipinski definition) is 1. The lowest BCUT2D eigenvalue weighted by atomic mass is 10.2. The summed E-state index contributed by atoms with van der Waals surface area (Å²) in [5, 5.41) is 4.14. The minimum atomic E-state index is 0.755. The van der Waals surface area contributed by atoms with Crippen molar-refractivity contribution in [2.24, 2.45) is 4.99 Å². The van der Waals surface area contributed by atoms with Crippen LogP contribution in [0.3, 0.4) is 0 Å². The van der Waals surface area contributed by atoms with Crippen molar-refractivity contribution in [1.82, 2.24) is 10.2 Å². The van der Waals surface area contributed by atoms with Gasteiger partial charge in [0.1, 0.15) is 0 Å². The average molecular weight is 268 g/mol. The SMILES string of the molecule is CCCCNC(=NC)N(C)Cc1ccccc1Cl. The van der Waals surface area contributed by atoms with Crippen LogP contribution in [0.2, 0.25) is 5.02 Å². The molecule has 1 aromatic carbocycles. The molecule has 0 aliphatic rings. The van der Waals surface area contributed by atoms with Crippen LogP contribution < -0.4 is 5.32 Å². The summed E-state index contributed by atoms with van der Waals surface area (Å²) in [6, 6.07) is 7.90. The molecular formula is C14H22ClN3. The van der Waals surface area contributed by atoms with E-state index in [0.717, 1.165) is 36.1 Å². The summed E-state index contributed by atoms with van der Waals surface area (Å²) in [6.07, 6.45) is 2.33. The number of aliphatic imine (C=N–C) groups is 1. The molecule has 0 saturated carbocycles. The normalized spacial score (nSPS) is 11.4. The van der Waals surface area contributed by atoms with E-state index in [2.05, 4.69) is 22.1 Å². The highest BCUT2D eigenvalue weighted by Crippen LogP contribution is 2.16. The first-order chi connectivity index (χ1) is 8.69. The lowest BCUT2D eigenvalue weighted by molar-refractivity contribution is 0.475. The molecule has 0 saturated heterocycles. The van der Waals surface area contributed by atoms with E-state index < -0.39 is 0 Å². The Labute approximate surface area is 115 Å². The van der Waals surface area contributed by atoms with Gasteiger partial charge in [0.05, 0.1) is 0 Å². The largest absolute Gasteiger partial charge is 0.356 e. The highest BCUT2D eigenvalue weighted by molar-refractivity contribution is 6.31. The Balaban J connectivity index is 2.58. The van der Waals surface area contributed by atoms with Crippen LogP contribution in [0.1, 0.15) is 25.3 Å². The number of nitrogens with one attached hydrogen (secondary N) is 1. The minimum Gasteiger partial charge on any atom is -0.356 e. The molecule has 1 aromatic rings. The summed E-state index contributed by atoms with van der Waals surface area (Å²) in [7, 11) is 3.82. The average Bonchev–Trinajstić information content (AvgIpc) is 2.37. The Morgan fingerprint density at radius 1 is 1.39 bits per heavy atom. The van der Waals surface area contributed by atoms with Crippen LogP contribution >= 0.6 is 11.6 Å². The zero-order valence-corrected chi connectivity index (χ0v) is 12.2. The van der Waals surface area contributed by atoms with Crippen LogP contribution in [0.4, 0.5) is 0 Å². The van der Waals surface area contributed by atoms with Crippen molar-refractivity contribution in [3.8, 4) is 0 Å². The Morgan fingerprint density at radius 3 is 2.72 bits per heavy atom. The lowest BCUT2D eigenvalue weighted by Crippen LogP contribution is -2.38. The summed E-state index contributed by atoms with van der Waals surface area (Å²) in [6.45, 7) is 3.89. The minimum absolute atomic E-state index is 0.755. The van der Waals surface area contributed by atoms with Crippen LogP contribution in [-0.2, 0) is 6.54 Å². The molecule has 0 fully saturated rings. The molecule has 0 aromatic heterocycles. The molecule has 0 aliphatic carbocycles. The fourth-order valence-electron chi connectivity index (χ4n) is 1.72.